The number of ether oxygens (including phenoxy) is 4. The van der Waals surface area contributed by atoms with E-state index in [2.05, 4.69) is 11.9 Å². The number of hydrogen-bond donors (Lipinski definition) is 1. The third-order valence-corrected chi connectivity index (χ3v) is 3.99. The normalized spacial score (nSPS) is 18.5. The fourth-order valence-corrected chi connectivity index (χ4v) is 2.15. The van der Waals surface area contributed by atoms with Crippen molar-refractivity contribution in [1.29, 1.82) is 0 Å². The van der Waals surface area contributed by atoms with Crippen molar-refractivity contribution in [3.8, 4) is 0 Å². The van der Waals surface area contributed by atoms with Gasteiger partial charge >= 0.3 is 24.0 Å². The van der Waals surface area contributed by atoms with Crippen LogP contribution in [-0.2, 0) is 33.3 Å². The maximum Gasteiger partial charge on any atom is 0.334 e. The summed E-state index contributed by atoms with van der Waals surface area (Å²) in [5.74, 6) is -1.11. The summed E-state index contributed by atoms with van der Waals surface area (Å²) in [6, 6.07) is -1.76. The van der Waals surface area contributed by atoms with Gasteiger partial charge in [0, 0.05) is 13.1 Å². The van der Waals surface area contributed by atoms with E-state index in [1.165, 1.54) is 6.08 Å². The Labute approximate surface area is 173 Å². The van der Waals surface area contributed by atoms with Gasteiger partial charge in [-0.15, -0.1) is 6.58 Å². The number of hydrogen-bond acceptors (Lipinski definition) is 9. The van der Waals surface area contributed by atoms with Crippen LogP contribution < -0.4 is 5.32 Å². The van der Waals surface area contributed by atoms with Crippen LogP contribution in [0.3, 0.4) is 0 Å². The van der Waals surface area contributed by atoms with Crippen molar-refractivity contribution >= 4 is 30.4 Å². The maximum atomic E-state index is 12.5. The molecule has 0 spiro atoms. The van der Waals surface area contributed by atoms with Crippen LogP contribution in [-0.4, -0.2) is 98.5 Å². The molecule has 166 valence electrons. The minimum absolute atomic E-state index is 0.0575. The van der Waals surface area contributed by atoms with Crippen molar-refractivity contribution in [2.45, 2.75) is 25.0 Å². The van der Waals surface area contributed by atoms with Crippen LogP contribution in [0.1, 0.15) is 12.8 Å². The standard InChI is InChI=1S/C18H25N3O9/c1-2-6-21(17(25)19-5-3-15(23)29-10-13-8-27-13)18(26)20(12-22)7-4-16(24)30-11-14-9-28-14/h2,12-14H,1,3-11H2,(H,19,25). The Balaban J connectivity index is 1.75. The van der Waals surface area contributed by atoms with E-state index in [0.29, 0.717) is 18.1 Å². The molecule has 2 aliphatic rings. The molecule has 2 heterocycles. The number of nitrogens with zero attached hydrogens (tertiary/aromatic N) is 2. The molecule has 12 heteroatoms. The molecule has 0 aromatic heterocycles. The molecular formula is C18H25N3O9. The van der Waals surface area contributed by atoms with Gasteiger partial charge in [-0.1, -0.05) is 6.08 Å². The van der Waals surface area contributed by atoms with Crippen molar-refractivity contribution in [2.75, 3.05) is 46.1 Å². The second-order valence-corrected chi connectivity index (χ2v) is 6.49. The van der Waals surface area contributed by atoms with E-state index in [9.17, 15) is 24.0 Å². The number of carbonyl (C=O) groups is 5. The first-order chi connectivity index (χ1) is 14.4. The van der Waals surface area contributed by atoms with Gasteiger partial charge in [-0.25, -0.2) is 14.5 Å². The molecule has 0 aliphatic carbocycles. The van der Waals surface area contributed by atoms with Crippen molar-refractivity contribution in [3.63, 3.8) is 0 Å². The molecule has 2 fully saturated rings. The molecule has 2 unspecified atom stereocenters. The van der Waals surface area contributed by atoms with E-state index in [-0.39, 0.29) is 64.3 Å². The Kier molecular flexibility index (Phi) is 9.22. The highest BCUT2D eigenvalue weighted by Gasteiger charge is 2.28. The zero-order valence-corrected chi connectivity index (χ0v) is 16.4. The largest absolute Gasteiger partial charge is 0.463 e. The van der Waals surface area contributed by atoms with Crippen LogP contribution in [0.15, 0.2) is 12.7 Å². The zero-order chi connectivity index (χ0) is 21.9. The average molecular weight is 427 g/mol. The number of amides is 5. The number of urea groups is 2. The molecule has 0 aromatic rings. The first kappa shape index (κ1) is 23.3. The molecule has 2 saturated heterocycles. The Morgan fingerprint density at radius 3 is 2.10 bits per heavy atom. The van der Waals surface area contributed by atoms with E-state index in [1.54, 1.807) is 0 Å². The molecule has 0 bridgehead atoms. The Morgan fingerprint density at radius 1 is 1.03 bits per heavy atom. The van der Waals surface area contributed by atoms with Crippen LogP contribution in [0, 0.1) is 0 Å². The van der Waals surface area contributed by atoms with Crippen LogP contribution in [0.25, 0.3) is 0 Å². The second kappa shape index (κ2) is 11.9. The average Bonchev–Trinajstić information content (AvgIpc) is 3.63. The molecule has 0 radical (unpaired) electrons. The summed E-state index contributed by atoms with van der Waals surface area (Å²) in [4.78, 5) is 60.7. The lowest BCUT2D eigenvalue weighted by Gasteiger charge is -2.24. The van der Waals surface area contributed by atoms with Gasteiger partial charge in [-0.2, -0.15) is 0 Å². The molecule has 0 aromatic carbocycles. The summed E-state index contributed by atoms with van der Waals surface area (Å²) in [6.45, 7) is 4.34. The molecule has 30 heavy (non-hydrogen) atoms. The quantitative estimate of drug-likeness (QED) is 0.176. The van der Waals surface area contributed by atoms with Gasteiger partial charge in [-0.3, -0.25) is 19.3 Å². The Morgan fingerprint density at radius 2 is 1.60 bits per heavy atom. The van der Waals surface area contributed by atoms with Gasteiger partial charge in [-0.05, 0) is 0 Å². The number of carbonyl (C=O) groups excluding carboxylic acids is 5. The smallest absolute Gasteiger partial charge is 0.334 e. The number of nitrogens with one attached hydrogen (secondary N) is 1. The summed E-state index contributed by atoms with van der Waals surface area (Å²) in [7, 11) is 0. The molecule has 5 amide bonds. The van der Waals surface area contributed by atoms with Crippen molar-refractivity contribution in [2.24, 2.45) is 0 Å². The van der Waals surface area contributed by atoms with E-state index < -0.39 is 24.0 Å². The van der Waals surface area contributed by atoms with E-state index in [4.69, 9.17) is 18.9 Å². The minimum atomic E-state index is -0.936. The molecule has 1 N–H and O–H groups in total. The molecule has 2 atom stereocenters. The van der Waals surface area contributed by atoms with E-state index in [0.717, 1.165) is 4.90 Å². The minimum Gasteiger partial charge on any atom is -0.463 e. The highest BCUT2D eigenvalue weighted by Crippen LogP contribution is 2.10. The first-order valence-electron chi connectivity index (χ1n) is 9.41. The molecular weight excluding hydrogens is 402 g/mol. The fraction of sp³-hybridized carbons (Fsp3) is 0.611. The van der Waals surface area contributed by atoms with Gasteiger partial charge in [0.05, 0.1) is 32.6 Å². The maximum absolute atomic E-state index is 12.5. The van der Waals surface area contributed by atoms with Crippen molar-refractivity contribution in [3.05, 3.63) is 12.7 Å². The van der Waals surface area contributed by atoms with Gasteiger partial charge in [0.25, 0.3) is 0 Å². The van der Waals surface area contributed by atoms with E-state index >= 15 is 0 Å². The van der Waals surface area contributed by atoms with Gasteiger partial charge in [0.1, 0.15) is 25.4 Å². The molecule has 2 rings (SSSR count). The highest BCUT2D eigenvalue weighted by molar-refractivity contribution is 5.97. The van der Waals surface area contributed by atoms with Crippen LogP contribution >= 0.6 is 0 Å². The fourth-order valence-electron chi connectivity index (χ4n) is 2.15. The summed E-state index contributed by atoms with van der Waals surface area (Å²) in [5.41, 5.74) is 0. The summed E-state index contributed by atoms with van der Waals surface area (Å²) in [6.07, 6.45) is 1.05. The number of esters is 2. The van der Waals surface area contributed by atoms with E-state index in [1.807, 2.05) is 0 Å². The SMILES string of the molecule is C=CCN(C(=O)NCCC(=O)OCC1CO1)C(=O)N(C=O)CCC(=O)OCC1CO1. The van der Waals surface area contributed by atoms with Crippen LogP contribution in [0.5, 0.6) is 0 Å². The molecule has 0 saturated carbocycles. The summed E-state index contributed by atoms with van der Waals surface area (Å²) < 4.78 is 19.7. The summed E-state index contributed by atoms with van der Waals surface area (Å²) in [5, 5.41) is 2.40. The predicted molar refractivity (Wildman–Crippen MR) is 99.1 cm³/mol. The molecule has 12 nitrogen and oxygen atoms in total. The highest BCUT2D eigenvalue weighted by atomic mass is 16.6. The Bertz CT molecular complexity index is 661. The van der Waals surface area contributed by atoms with Crippen molar-refractivity contribution in [1.82, 2.24) is 15.1 Å². The van der Waals surface area contributed by atoms with Gasteiger partial charge in [0.2, 0.25) is 6.41 Å². The third-order valence-electron chi connectivity index (χ3n) is 3.99. The Hall–Kier alpha value is -2.99. The van der Waals surface area contributed by atoms with Crippen LogP contribution in [0.2, 0.25) is 0 Å². The van der Waals surface area contributed by atoms with Crippen LogP contribution in [0.4, 0.5) is 9.59 Å². The lowest BCUT2D eigenvalue weighted by atomic mass is 10.4. The number of rotatable bonds is 13. The van der Waals surface area contributed by atoms with Crippen molar-refractivity contribution < 1.29 is 42.9 Å². The lowest BCUT2D eigenvalue weighted by molar-refractivity contribution is -0.145. The molecule has 2 aliphatic heterocycles. The zero-order valence-electron chi connectivity index (χ0n) is 16.4. The topological polar surface area (TPSA) is 147 Å². The summed E-state index contributed by atoms with van der Waals surface area (Å²) >= 11 is 0. The lowest BCUT2D eigenvalue weighted by Crippen LogP contribution is -2.50. The first-order valence-corrected chi connectivity index (χ1v) is 9.41. The van der Waals surface area contributed by atoms with Gasteiger partial charge in [0.15, 0.2) is 0 Å². The second-order valence-electron chi connectivity index (χ2n) is 6.49. The number of imide groups is 2. The van der Waals surface area contributed by atoms with Gasteiger partial charge < -0.3 is 24.3 Å². The predicted octanol–water partition coefficient (Wildman–Crippen LogP) is -0.573. The third kappa shape index (κ3) is 8.57. The monoisotopic (exact) mass is 427 g/mol. The number of epoxide rings is 2.